The van der Waals surface area contributed by atoms with Crippen LogP contribution in [0.2, 0.25) is 0 Å². The van der Waals surface area contributed by atoms with Crippen LogP contribution in [0.5, 0.6) is 0 Å². The lowest BCUT2D eigenvalue weighted by Crippen LogP contribution is -2.23. The standard InChI is InChI=1S/C23H33N5/c1-23(2)10-9-18-21(15-23)25-26-22(18)20-13-16-7-8-17(14-19(16)24-20)28(5)12-6-11-27(3)4/h7-8,13-14,24H,6,9-12,15H2,1-5H3,(H,25,26). The maximum Gasteiger partial charge on any atom is 0.112 e. The van der Waals surface area contributed by atoms with E-state index in [0.717, 1.165) is 43.7 Å². The van der Waals surface area contributed by atoms with E-state index in [1.54, 1.807) is 0 Å². The molecule has 1 aliphatic carbocycles. The van der Waals surface area contributed by atoms with Crippen molar-refractivity contribution in [3.63, 3.8) is 0 Å². The van der Waals surface area contributed by atoms with Crippen LogP contribution >= 0.6 is 0 Å². The van der Waals surface area contributed by atoms with Gasteiger partial charge in [0.05, 0.1) is 5.69 Å². The van der Waals surface area contributed by atoms with Crippen molar-refractivity contribution in [2.24, 2.45) is 5.41 Å². The molecule has 5 nitrogen and oxygen atoms in total. The maximum absolute atomic E-state index is 4.67. The van der Waals surface area contributed by atoms with E-state index < -0.39 is 0 Å². The van der Waals surface area contributed by atoms with Gasteiger partial charge in [-0.2, -0.15) is 5.10 Å². The fraction of sp³-hybridized carbons (Fsp3) is 0.522. The van der Waals surface area contributed by atoms with Crippen molar-refractivity contribution < 1.29 is 0 Å². The molecule has 0 radical (unpaired) electrons. The van der Waals surface area contributed by atoms with E-state index in [-0.39, 0.29) is 0 Å². The Bertz CT molecular complexity index is 963. The molecule has 0 unspecified atom stereocenters. The summed E-state index contributed by atoms with van der Waals surface area (Å²) < 4.78 is 0. The molecular weight excluding hydrogens is 346 g/mol. The first-order valence-corrected chi connectivity index (χ1v) is 10.4. The Morgan fingerprint density at radius 3 is 2.71 bits per heavy atom. The van der Waals surface area contributed by atoms with Crippen LogP contribution in [-0.4, -0.2) is 54.3 Å². The summed E-state index contributed by atoms with van der Waals surface area (Å²) in [6.07, 6.45) is 4.56. The van der Waals surface area contributed by atoms with Crippen LogP contribution < -0.4 is 4.90 Å². The van der Waals surface area contributed by atoms with Crippen molar-refractivity contribution in [3.05, 3.63) is 35.5 Å². The van der Waals surface area contributed by atoms with Gasteiger partial charge in [0.15, 0.2) is 0 Å². The average molecular weight is 380 g/mol. The quantitative estimate of drug-likeness (QED) is 0.665. The Morgan fingerprint density at radius 1 is 1.11 bits per heavy atom. The third-order valence-corrected chi connectivity index (χ3v) is 6.06. The van der Waals surface area contributed by atoms with Gasteiger partial charge in [-0.05, 0) is 69.9 Å². The van der Waals surface area contributed by atoms with Gasteiger partial charge < -0.3 is 14.8 Å². The SMILES string of the molecule is CN(C)CCCN(C)c1ccc2cc(-c3n[nH]c4c3CCC(C)(C)C4)[nH]c2c1. The molecule has 0 spiro atoms. The Morgan fingerprint density at radius 2 is 1.93 bits per heavy atom. The van der Waals surface area contributed by atoms with Crippen LogP contribution in [0.3, 0.4) is 0 Å². The van der Waals surface area contributed by atoms with Gasteiger partial charge in [-0.25, -0.2) is 0 Å². The number of rotatable bonds is 6. The van der Waals surface area contributed by atoms with Gasteiger partial charge >= 0.3 is 0 Å². The summed E-state index contributed by atoms with van der Waals surface area (Å²) in [6.45, 7) is 6.85. The first-order chi connectivity index (χ1) is 13.3. The van der Waals surface area contributed by atoms with Gasteiger partial charge in [0.2, 0.25) is 0 Å². The number of hydrogen-bond acceptors (Lipinski definition) is 3. The van der Waals surface area contributed by atoms with Crippen molar-refractivity contribution in [1.82, 2.24) is 20.1 Å². The van der Waals surface area contributed by atoms with E-state index in [4.69, 9.17) is 0 Å². The Balaban J connectivity index is 1.57. The lowest BCUT2D eigenvalue weighted by molar-refractivity contribution is 0.312. The number of nitrogens with zero attached hydrogens (tertiary/aromatic N) is 3. The Hall–Kier alpha value is -2.27. The van der Waals surface area contributed by atoms with Gasteiger partial charge in [0, 0.05) is 41.4 Å². The smallest absolute Gasteiger partial charge is 0.112 e. The third-order valence-electron chi connectivity index (χ3n) is 6.06. The van der Waals surface area contributed by atoms with E-state index in [1.165, 1.54) is 34.3 Å². The topological polar surface area (TPSA) is 50.9 Å². The van der Waals surface area contributed by atoms with Crippen LogP contribution in [0.1, 0.15) is 37.9 Å². The minimum atomic E-state index is 0.364. The normalized spacial score (nSPS) is 15.9. The molecule has 0 amide bonds. The first kappa shape index (κ1) is 19.1. The third kappa shape index (κ3) is 3.81. The molecule has 0 atom stereocenters. The molecule has 2 aromatic heterocycles. The first-order valence-electron chi connectivity index (χ1n) is 10.4. The minimum absolute atomic E-state index is 0.364. The summed E-state index contributed by atoms with van der Waals surface area (Å²) in [6, 6.07) is 8.94. The van der Waals surface area contributed by atoms with Gasteiger partial charge in [-0.15, -0.1) is 0 Å². The molecule has 0 bridgehead atoms. The predicted molar refractivity (Wildman–Crippen MR) is 118 cm³/mol. The molecule has 2 N–H and O–H groups in total. The highest BCUT2D eigenvalue weighted by Crippen LogP contribution is 2.38. The summed E-state index contributed by atoms with van der Waals surface area (Å²) in [7, 11) is 6.43. The summed E-state index contributed by atoms with van der Waals surface area (Å²) in [5.41, 5.74) is 7.73. The van der Waals surface area contributed by atoms with Crippen molar-refractivity contribution >= 4 is 16.6 Å². The highest BCUT2D eigenvalue weighted by molar-refractivity contribution is 5.88. The van der Waals surface area contributed by atoms with Crippen molar-refractivity contribution in [2.75, 3.05) is 39.1 Å². The summed E-state index contributed by atoms with van der Waals surface area (Å²) >= 11 is 0. The number of aromatic amines is 2. The average Bonchev–Trinajstić information content (AvgIpc) is 3.22. The fourth-order valence-corrected chi connectivity index (χ4v) is 4.30. The van der Waals surface area contributed by atoms with Crippen LogP contribution in [0.25, 0.3) is 22.3 Å². The molecule has 1 aliphatic rings. The highest BCUT2D eigenvalue weighted by atomic mass is 15.1. The van der Waals surface area contributed by atoms with Gasteiger partial charge in [-0.1, -0.05) is 19.9 Å². The molecule has 0 saturated carbocycles. The largest absolute Gasteiger partial charge is 0.374 e. The zero-order valence-electron chi connectivity index (χ0n) is 17.9. The van der Waals surface area contributed by atoms with Crippen LogP contribution in [0, 0.1) is 5.41 Å². The number of aromatic nitrogens is 3. The van der Waals surface area contributed by atoms with Gasteiger partial charge in [-0.3, -0.25) is 5.10 Å². The molecular formula is C23H33N5. The highest BCUT2D eigenvalue weighted by Gasteiger charge is 2.29. The van der Waals surface area contributed by atoms with Crippen LogP contribution in [0.4, 0.5) is 5.69 Å². The Kier molecular flexibility index (Phi) is 4.96. The number of benzene rings is 1. The van der Waals surface area contributed by atoms with Crippen LogP contribution in [-0.2, 0) is 12.8 Å². The fourth-order valence-electron chi connectivity index (χ4n) is 4.30. The molecule has 3 aromatic rings. The molecule has 4 rings (SSSR count). The van der Waals surface area contributed by atoms with E-state index in [9.17, 15) is 0 Å². The second-order valence-electron chi connectivity index (χ2n) is 9.40. The maximum atomic E-state index is 4.67. The van der Waals surface area contributed by atoms with E-state index in [2.05, 4.69) is 84.2 Å². The van der Waals surface area contributed by atoms with E-state index >= 15 is 0 Å². The van der Waals surface area contributed by atoms with Crippen molar-refractivity contribution in [3.8, 4) is 11.4 Å². The van der Waals surface area contributed by atoms with Gasteiger partial charge in [0.25, 0.3) is 0 Å². The number of fused-ring (bicyclic) bond motifs is 2. The molecule has 5 heteroatoms. The second-order valence-corrected chi connectivity index (χ2v) is 9.40. The van der Waals surface area contributed by atoms with E-state index in [1.807, 2.05) is 0 Å². The summed E-state index contributed by atoms with van der Waals surface area (Å²) in [4.78, 5) is 8.19. The molecule has 0 fully saturated rings. The van der Waals surface area contributed by atoms with Crippen molar-refractivity contribution in [2.45, 2.75) is 39.5 Å². The summed E-state index contributed by atoms with van der Waals surface area (Å²) in [5.74, 6) is 0. The van der Waals surface area contributed by atoms with Crippen molar-refractivity contribution in [1.29, 1.82) is 0 Å². The second kappa shape index (κ2) is 7.28. The zero-order valence-corrected chi connectivity index (χ0v) is 17.9. The van der Waals surface area contributed by atoms with Crippen LogP contribution in [0.15, 0.2) is 24.3 Å². The molecule has 2 heterocycles. The molecule has 0 aliphatic heterocycles. The summed E-state index contributed by atoms with van der Waals surface area (Å²) in [5, 5.41) is 9.22. The minimum Gasteiger partial charge on any atom is -0.374 e. The Labute approximate surface area is 168 Å². The van der Waals surface area contributed by atoms with E-state index in [0.29, 0.717) is 5.41 Å². The molecule has 28 heavy (non-hydrogen) atoms. The predicted octanol–water partition coefficient (Wildman–Crippen LogP) is 4.46. The zero-order chi connectivity index (χ0) is 19.9. The van der Waals surface area contributed by atoms with Gasteiger partial charge in [0.1, 0.15) is 5.69 Å². The lowest BCUT2D eigenvalue weighted by atomic mass is 9.76. The molecule has 0 saturated heterocycles. The number of anilines is 1. The number of nitrogens with one attached hydrogen (secondary N) is 2. The number of H-pyrrole nitrogens is 2. The lowest BCUT2D eigenvalue weighted by Gasteiger charge is -2.28. The number of hydrogen-bond donors (Lipinski definition) is 2. The monoisotopic (exact) mass is 379 g/mol. The molecule has 1 aromatic carbocycles. The molecule has 150 valence electrons.